The molecule has 0 saturated carbocycles. The van der Waals surface area contributed by atoms with E-state index in [4.69, 9.17) is 4.74 Å². The number of nitrogens with zero attached hydrogens (tertiary/aromatic N) is 3. The smallest absolute Gasteiger partial charge is 0.222 e. The van der Waals surface area contributed by atoms with Crippen molar-refractivity contribution in [3.63, 3.8) is 0 Å². The van der Waals surface area contributed by atoms with Gasteiger partial charge in [0.05, 0.1) is 29.2 Å². The maximum atomic E-state index is 12.6. The molecule has 0 N–H and O–H groups in total. The molecule has 2 aromatic rings. The molecule has 0 bridgehead atoms. The van der Waals surface area contributed by atoms with E-state index in [-0.39, 0.29) is 5.78 Å². The maximum Gasteiger partial charge on any atom is 0.222 e. The molecule has 2 aromatic heterocycles. The Morgan fingerprint density at radius 1 is 1.55 bits per heavy atom. The standard InChI is InChI=1S/C13H16BrN3O2S/c1-16(2)4-5-17-12(10(14)7-15-17)13(18)11-6-9(19-3)8-20-11/h6-8H,4-5H2,1-3H3. The van der Waals surface area contributed by atoms with E-state index in [0.29, 0.717) is 27.3 Å². The Labute approximate surface area is 130 Å². The fourth-order valence-corrected chi connectivity index (χ4v) is 2.99. The summed E-state index contributed by atoms with van der Waals surface area (Å²) in [4.78, 5) is 15.3. The monoisotopic (exact) mass is 357 g/mol. The Morgan fingerprint density at radius 3 is 2.90 bits per heavy atom. The van der Waals surface area contributed by atoms with E-state index in [1.807, 2.05) is 19.5 Å². The zero-order chi connectivity index (χ0) is 14.7. The van der Waals surface area contributed by atoms with E-state index in [0.717, 1.165) is 6.54 Å². The van der Waals surface area contributed by atoms with Gasteiger partial charge in [0.25, 0.3) is 0 Å². The second kappa shape index (κ2) is 6.51. The van der Waals surface area contributed by atoms with Crippen LogP contribution in [-0.4, -0.2) is 48.2 Å². The number of rotatable bonds is 6. The number of hydrogen-bond acceptors (Lipinski definition) is 5. The Kier molecular flexibility index (Phi) is 4.95. The lowest BCUT2D eigenvalue weighted by Crippen LogP contribution is -2.21. The third-order valence-electron chi connectivity index (χ3n) is 2.80. The molecule has 7 heteroatoms. The van der Waals surface area contributed by atoms with Crippen LogP contribution in [0.2, 0.25) is 0 Å². The Bertz CT molecular complexity index is 607. The number of carbonyl (C=O) groups excluding carboxylic acids is 1. The topological polar surface area (TPSA) is 47.4 Å². The summed E-state index contributed by atoms with van der Waals surface area (Å²) in [6.45, 7) is 1.49. The highest BCUT2D eigenvalue weighted by molar-refractivity contribution is 9.10. The van der Waals surface area contributed by atoms with Gasteiger partial charge in [0, 0.05) is 18.0 Å². The normalized spacial score (nSPS) is 11.1. The highest BCUT2D eigenvalue weighted by atomic mass is 79.9. The zero-order valence-corrected chi connectivity index (χ0v) is 14.0. The van der Waals surface area contributed by atoms with Crippen LogP contribution in [0.5, 0.6) is 5.75 Å². The highest BCUT2D eigenvalue weighted by Crippen LogP contribution is 2.26. The zero-order valence-electron chi connectivity index (χ0n) is 11.6. The summed E-state index contributed by atoms with van der Waals surface area (Å²) in [6, 6.07) is 1.75. The first-order chi connectivity index (χ1) is 9.52. The molecule has 0 saturated heterocycles. The SMILES string of the molecule is COc1csc(C(=O)c2c(Br)cnn2CCN(C)C)c1. The van der Waals surface area contributed by atoms with Gasteiger partial charge in [0.1, 0.15) is 11.4 Å². The molecule has 5 nitrogen and oxygen atoms in total. The summed E-state index contributed by atoms with van der Waals surface area (Å²) >= 11 is 4.78. The van der Waals surface area contributed by atoms with E-state index in [2.05, 4.69) is 25.9 Å². The average molecular weight is 358 g/mol. The van der Waals surface area contributed by atoms with Crippen molar-refractivity contribution in [1.29, 1.82) is 0 Å². The predicted molar refractivity (Wildman–Crippen MR) is 82.8 cm³/mol. The minimum absolute atomic E-state index is 0.0403. The van der Waals surface area contributed by atoms with Crippen molar-refractivity contribution in [3.05, 3.63) is 32.7 Å². The minimum Gasteiger partial charge on any atom is -0.496 e. The molecule has 0 aliphatic rings. The molecule has 0 spiro atoms. The summed E-state index contributed by atoms with van der Waals surface area (Å²) in [5.41, 5.74) is 0.580. The van der Waals surface area contributed by atoms with Crippen LogP contribution in [0.1, 0.15) is 15.4 Å². The third kappa shape index (κ3) is 3.28. The summed E-state index contributed by atoms with van der Waals surface area (Å²) in [5, 5.41) is 6.08. The number of hydrogen-bond donors (Lipinski definition) is 0. The molecule has 2 heterocycles. The van der Waals surface area contributed by atoms with Crippen LogP contribution >= 0.6 is 27.3 Å². The van der Waals surface area contributed by atoms with Crippen molar-refractivity contribution < 1.29 is 9.53 Å². The van der Waals surface area contributed by atoms with Crippen molar-refractivity contribution >= 4 is 33.0 Å². The quantitative estimate of drug-likeness (QED) is 0.745. The molecule has 0 unspecified atom stereocenters. The predicted octanol–water partition coefficient (Wildman–Crippen LogP) is 2.51. The van der Waals surface area contributed by atoms with Gasteiger partial charge >= 0.3 is 0 Å². The summed E-state index contributed by atoms with van der Waals surface area (Å²) in [7, 11) is 5.57. The molecule has 0 atom stereocenters. The van der Waals surface area contributed by atoms with Gasteiger partial charge < -0.3 is 9.64 Å². The van der Waals surface area contributed by atoms with E-state index < -0.39 is 0 Å². The first kappa shape index (κ1) is 15.2. The summed E-state index contributed by atoms with van der Waals surface area (Å²) in [5.74, 6) is 0.662. The van der Waals surface area contributed by atoms with Gasteiger partial charge in [-0.1, -0.05) is 0 Å². The van der Waals surface area contributed by atoms with Crippen LogP contribution in [0.25, 0.3) is 0 Å². The van der Waals surface area contributed by atoms with Crippen LogP contribution in [0.4, 0.5) is 0 Å². The first-order valence-electron chi connectivity index (χ1n) is 6.06. The molecule has 20 heavy (non-hydrogen) atoms. The van der Waals surface area contributed by atoms with Gasteiger partial charge in [-0.15, -0.1) is 11.3 Å². The van der Waals surface area contributed by atoms with Gasteiger partial charge in [-0.25, -0.2) is 0 Å². The van der Waals surface area contributed by atoms with Crippen LogP contribution in [0.3, 0.4) is 0 Å². The number of ether oxygens (including phenoxy) is 1. The lowest BCUT2D eigenvalue weighted by molar-refractivity contribution is 0.103. The molecule has 0 radical (unpaired) electrons. The van der Waals surface area contributed by atoms with E-state index in [9.17, 15) is 4.79 Å². The lowest BCUT2D eigenvalue weighted by atomic mass is 10.2. The molecule has 0 aliphatic carbocycles. The number of ketones is 1. The Balaban J connectivity index is 2.26. The largest absolute Gasteiger partial charge is 0.496 e. The van der Waals surface area contributed by atoms with Crippen molar-refractivity contribution in [1.82, 2.24) is 14.7 Å². The average Bonchev–Trinajstić information content (AvgIpc) is 3.02. The highest BCUT2D eigenvalue weighted by Gasteiger charge is 2.20. The van der Waals surface area contributed by atoms with Crippen LogP contribution in [0.15, 0.2) is 22.1 Å². The Morgan fingerprint density at radius 2 is 2.30 bits per heavy atom. The number of methoxy groups -OCH3 is 1. The third-order valence-corrected chi connectivity index (χ3v) is 4.29. The molecule has 2 rings (SSSR count). The van der Waals surface area contributed by atoms with Crippen molar-refractivity contribution in [2.24, 2.45) is 0 Å². The second-order valence-electron chi connectivity index (χ2n) is 4.55. The number of halogens is 1. The molecule has 0 amide bonds. The van der Waals surface area contributed by atoms with Crippen molar-refractivity contribution in [2.45, 2.75) is 6.54 Å². The van der Waals surface area contributed by atoms with Crippen LogP contribution < -0.4 is 4.74 Å². The molecule has 0 aromatic carbocycles. The molecule has 0 aliphatic heterocycles. The molecule has 108 valence electrons. The van der Waals surface area contributed by atoms with Gasteiger partial charge in [-0.05, 0) is 30.0 Å². The van der Waals surface area contributed by atoms with Crippen LogP contribution in [0, 0.1) is 0 Å². The van der Waals surface area contributed by atoms with Gasteiger partial charge in [-0.3, -0.25) is 9.48 Å². The summed E-state index contributed by atoms with van der Waals surface area (Å²) < 4.78 is 7.57. The number of aromatic nitrogens is 2. The van der Waals surface area contributed by atoms with Gasteiger partial charge in [0.2, 0.25) is 5.78 Å². The van der Waals surface area contributed by atoms with E-state index in [1.165, 1.54) is 11.3 Å². The fourth-order valence-electron chi connectivity index (χ4n) is 1.71. The van der Waals surface area contributed by atoms with E-state index >= 15 is 0 Å². The van der Waals surface area contributed by atoms with Gasteiger partial charge in [0.15, 0.2) is 0 Å². The number of likely N-dealkylation sites (N-methyl/N-ethyl adjacent to an activating group) is 1. The van der Waals surface area contributed by atoms with Crippen molar-refractivity contribution in [3.8, 4) is 5.75 Å². The summed E-state index contributed by atoms with van der Waals surface area (Å²) in [6.07, 6.45) is 1.66. The lowest BCUT2D eigenvalue weighted by Gasteiger charge is -2.11. The van der Waals surface area contributed by atoms with Crippen molar-refractivity contribution in [2.75, 3.05) is 27.7 Å². The second-order valence-corrected chi connectivity index (χ2v) is 6.31. The van der Waals surface area contributed by atoms with Gasteiger partial charge in [-0.2, -0.15) is 5.10 Å². The van der Waals surface area contributed by atoms with Crippen LogP contribution in [-0.2, 0) is 6.54 Å². The molecule has 0 fully saturated rings. The fraction of sp³-hybridized carbons (Fsp3) is 0.385. The maximum absolute atomic E-state index is 12.6. The number of thiophene rings is 1. The molecular formula is C13H16BrN3O2S. The number of carbonyl (C=O) groups is 1. The molecular weight excluding hydrogens is 342 g/mol. The first-order valence-corrected chi connectivity index (χ1v) is 7.73. The Hall–Kier alpha value is -1.18. The van der Waals surface area contributed by atoms with E-state index in [1.54, 1.807) is 24.1 Å². The minimum atomic E-state index is -0.0403.